The number of rotatable bonds is 3. The maximum absolute atomic E-state index is 12.2. The number of nitrogens with zero attached hydrogens (tertiary/aromatic N) is 1. The van der Waals surface area contributed by atoms with Gasteiger partial charge in [-0.05, 0) is 18.2 Å². The monoisotopic (exact) mass is 318 g/mol. The zero-order valence-corrected chi connectivity index (χ0v) is 12.9. The van der Waals surface area contributed by atoms with Gasteiger partial charge in [-0.1, -0.05) is 36.4 Å². The van der Waals surface area contributed by atoms with Crippen molar-refractivity contribution in [1.82, 2.24) is 9.97 Å². The number of para-hydroxylation sites is 1. The van der Waals surface area contributed by atoms with Crippen LogP contribution in [0.5, 0.6) is 0 Å². The molecule has 0 aliphatic carbocycles. The minimum atomic E-state index is -0.527. The van der Waals surface area contributed by atoms with Crippen LogP contribution in [0.4, 0.5) is 0 Å². The van der Waals surface area contributed by atoms with Crippen molar-refractivity contribution in [3.63, 3.8) is 0 Å². The van der Waals surface area contributed by atoms with Gasteiger partial charge in [0.05, 0.1) is 7.11 Å². The molecule has 0 bridgehead atoms. The highest BCUT2D eigenvalue weighted by Crippen LogP contribution is 2.34. The third-order valence-corrected chi connectivity index (χ3v) is 3.86. The van der Waals surface area contributed by atoms with E-state index in [-0.39, 0.29) is 5.69 Å². The molecule has 4 aromatic rings. The molecule has 0 saturated heterocycles. The third-order valence-electron chi connectivity index (χ3n) is 3.86. The molecule has 0 aliphatic heterocycles. The van der Waals surface area contributed by atoms with Crippen LogP contribution >= 0.6 is 0 Å². The van der Waals surface area contributed by atoms with Crippen molar-refractivity contribution < 1.29 is 13.9 Å². The number of oxazole rings is 1. The van der Waals surface area contributed by atoms with Gasteiger partial charge in [-0.15, -0.1) is 0 Å². The molecule has 0 saturated carbocycles. The van der Waals surface area contributed by atoms with E-state index in [1.54, 1.807) is 0 Å². The number of nitrogens with one attached hydrogen (secondary N) is 1. The number of aromatic nitrogens is 2. The van der Waals surface area contributed by atoms with E-state index < -0.39 is 5.97 Å². The lowest BCUT2D eigenvalue weighted by atomic mass is 10.1. The van der Waals surface area contributed by atoms with Crippen LogP contribution in [0.1, 0.15) is 10.5 Å². The topological polar surface area (TPSA) is 68.1 Å². The van der Waals surface area contributed by atoms with Gasteiger partial charge in [0.1, 0.15) is 0 Å². The minimum Gasteiger partial charge on any atom is -0.464 e. The Labute approximate surface area is 137 Å². The molecule has 2 aromatic carbocycles. The lowest BCUT2D eigenvalue weighted by molar-refractivity contribution is 0.0595. The number of hydrogen-bond donors (Lipinski definition) is 1. The van der Waals surface area contributed by atoms with Crippen LogP contribution in [0.2, 0.25) is 0 Å². The molecule has 24 heavy (non-hydrogen) atoms. The molecule has 4 rings (SSSR count). The van der Waals surface area contributed by atoms with E-state index in [1.807, 2.05) is 60.8 Å². The van der Waals surface area contributed by atoms with E-state index in [9.17, 15) is 4.79 Å². The van der Waals surface area contributed by atoms with E-state index in [0.29, 0.717) is 11.7 Å². The van der Waals surface area contributed by atoms with E-state index in [4.69, 9.17) is 9.15 Å². The summed E-state index contributed by atoms with van der Waals surface area (Å²) in [5.74, 6) is 0.260. The van der Waals surface area contributed by atoms with Crippen LogP contribution < -0.4 is 0 Å². The number of carbonyl (C=O) groups excluding carboxylic acids is 1. The number of carbonyl (C=O) groups is 1. The quantitative estimate of drug-likeness (QED) is 0.573. The van der Waals surface area contributed by atoms with Gasteiger partial charge in [0, 0.05) is 28.2 Å². The Kier molecular flexibility index (Phi) is 3.39. The first-order valence-corrected chi connectivity index (χ1v) is 7.49. The molecule has 0 amide bonds. The van der Waals surface area contributed by atoms with Crippen LogP contribution in [-0.2, 0) is 4.74 Å². The van der Waals surface area contributed by atoms with Gasteiger partial charge < -0.3 is 14.1 Å². The van der Waals surface area contributed by atoms with Crippen molar-refractivity contribution in [3.05, 3.63) is 66.5 Å². The summed E-state index contributed by atoms with van der Waals surface area (Å²) in [6.07, 6.45) is 1.81. The molecule has 0 atom stereocenters. The Morgan fingerprint density at radius 3 is 2.62 bits per heavy atom. The van der Waals surface area contributed by atoms with Crippen LogP contribution in [-0.4, -0.2) is 23.0 Å². The van der Waals surface area contributed by atoms with Gasteiger partial charge in [-0.25, -0.2) is 9.78 Å². The van der Waals surface area contributed by atoms with Crippen LogP contribution in [0.25, 0.3) is 33.7 Å². The first-order chi connectivity index (χ1) is 11.8. The van der Waals surface area contributed by atoms with Crippen LogP contribution in [0.15, 0.2) is 65.2 Å². The van der Waals surface area contributed by atoms with E-state index >= 15 is 0 Å². The number of H-pyrrole nitrogens is 1. The first kappa shape index (κ1) is 14.3. The maximum Gasteiger partial charge on any atom is 0.360 e. The predicted molar refractivity (Wildman–Crippen MR) is 90.6 cm³/mol. The smallest absolute Gasteiger partial charge is 0.360 e. The van der Waals surface area contributed by atoms with Gasteiger partial charge in [0.2, 0.25) is 5.89 Å². The fourth-order valence-electron chi connectivity index (χ4n) is 2.70. The fourth-order valence-corrected chi connectivity index (χ4v) is 2.70. The lowest BCUT2D eigenvalue weighted by Crippen LogP contribution is -2.03. The zero-order chi connectivity index (χ0) is 16.5. The Bertz CT molecular complexity index is 1020. The highest BCUT2D eigenvalue weighted by atomic mass is 16.5. The molecule has 2 heterocycles. The molecule has 5 nitrogen and oxygen atoms in total. The lowest BCUT2D eigenvalue weighted by Gasteiger charge is -1.98. The molecule has 0 aliphatic rings. The second kappa shape index (κ2) is 5.70. The standard InChI is InChI=1S/C19H14N2O3/c1-23-19(22)16-17(14-11-20-15-10-6-5-9-13(14)15)24-18(21-16)12-7-3-2-4-8-12/h2-11,20H,1H3. The Morgan fingerprint density at radius 1 is 1.08 bits per heavy atom. The number of aromatic amines is 1. The summed E-state index contributed by atoms with van der Waals surface area (Å²) in [5, 5.41) is 0.957. The van der Waals surface area contributed by atoms with Crippen molar-refractivity contribution in [1.29, 1.82) is 0 Å². The molecule has 5 heteroatoms. The Morgan fingerprint density at radius 2 is 1.83 bits per heavy atom. The number of esters is 1. The highest BCUT2D eigenvalue weighted by Gasteiger charge is 2.24. The molecule has 2 aromatic heterocycles. The summed E-state index contributed by atoms with van der Waals surface area (Å²) in [6.45, 7) is 0. The second-order valence-corrected chi connectivity index (χ2v) is 5.30. The molecule has 0 spiro atoms. The number of hydrogen-bond acceptors (Lipinski definition) is 4. The van der Waals surface area contributed by atoms with Crippen molar-refractivity contribution in [2.75, 3.05) is 7.11 Å². The second-order valence-electron chi connectivity index (χ2n) is 5.30. The average molecular weight is 318 g/mol. The van der Waals surface area contributed by atoms with Gasteiger partial charge in [-0.3, -0.25) is 0 Å². The summed E-state index contributed by atoms with van der Waals surface area (Å²) in [7, 11) is 1.33. The molecular formula is C19H14N2O3. The SMILES string of the molecule is COC(=O)c1nc(-c2ccccc2)oc1-c1c[nH]c2ccccc12. The Balaban J connectivity index is 1.94. The van der Waals surface area contributed by atoms with Crippen molar-refractivity contribution in [3.8, 4) is 22.8 Å². The molecule has 0 fully saturated rings. The Hall–Kier alpha value is -3.34. The fraction of sp³-hybridized carbons (Fsp3) is 0.0526. The van der Waals surface area contributed by atoms with E-state index in [2.05, 4.69) is 9.97 Å². The van der Waals surface area contributed by atoms with Crippen molar-refractivity contribution in [2.24, 2.45) is 0 Å². The summed E-state index contributed by atoms with van der Waals surface area (Å²) in [6, 6.07) is 17.3. The van der Waals surface area contributed by atoms with Gasteiger partial charge in [0.15, 0.2) is 11.5 Å². The van der Waals surface area contributed by atoms with Crippen molar-refractivity contribution >= 4 is 16.9 Å². The maximum atomic E-state index is 12.2. The number of ether oxygens (including phenoxy) is 1. The summed E-state index contributed by atoms with van der Waals surface area (Å²) >= 11 is 0. The number of fused-ring (bicyclic) bond motifs is 1. The van der Waals surface area contributed by atoms with Crippen molar-refractivity contribution in [2.45, 2.75) is 0 Å². The largest absolute Gasteiger partial charge is 0.464 e. The molecule has 0 radical (unpaired) electrons. The molecular weight excluding hydrogens is 304 g/mol. The van der Waals surface area contributed by atoms with Crippen LogP contribution in [0, 0.1) is 0 Å². The predicted octanol–water partition coefficient (Wildman–Crippen LogP) is 4.28. The molecule has 0 unspecified atom stereocenters. The summed E-state index contributed by atoms with van der Waals surface area (Å²) < 4.78 is 10.8. The van der Waals surface area contributed by atoms with E-state index in [0.717, 1.165) is 22.0 Å². The minimum absolute atomic E-state index is 0.168. The van der Waals surface area contributed by atoms with Crippen LogP contribution in [0.3, 0.4) is 0 Å². The highest BCUT2D eigenvalue weighted by molar-refractivity contribution is 6.01. The molecule has 118 valence electrons. The molecule has 1 N–H and O–H groups in total. The van der Waals surface area contributed by atoms with Gasteiger partial charge >= 0.3 is 5.97 Å². The average Bonchev–Trinajstić information content (AvgIpc) is 3.26. The van der Waals surface area contributed by atoms with Gasteiger partial charge in [0.25, 0.3) is 0 Å². The third kappa shape index (κ3) is 2.27. The first-order valence-electron chi connectivity index (χ1n) is 7.49. The summed E-state index contributed by atoms with van der Waals surface area (Å²) in [5.41, 5.74) is 2.71. The number of methoxy groups -OCH3 is 1. The summed E-state index contributed by atoms with van der Waals surface area (Å²) in [4.78, 5) is 19.7. The van der Waals surface area contributed by atoms with E-state index in [1.165, 1.54) is 7.11 Å². The number of benzene rings is 2. The normalized spacial score (nSPS) is 10.9. The van der Waals surface area contributed by atoms with Gasteiger partial charge in [-0.2, -0.15) is 0 Å². The zero-order valence-electron chi connectivity index (χ0n) is 12.9.